The fourth-order valence-electron chi connectivity index (χ4n) is 0.767. The van der Waals surface area contributed by atoms with Gasteiger partial charge in [-0.2, -0.15) is 0 Å². The molecular formula is C6H7FN2O2S. The minimum atomic E-state index is -3.60. The average molecular weight is 190 g/mol. The Bertz CT molecular complexity index is 377. The van der Waals surface area contributed by atoms with E-state index in [0.717, 1.165) is 12.3 Å². The monoisotopic (exact) mass is 190 g/mol. The Balaban J connectivity index is 2.91. The van der Waals surface area contributed by atoms with Crippen molar-refractivity contribution in [3.8, 4) is 0 Å². The van der Waals surface area contributed by atoms with Gasteiger partial charge in [0.1, 0.15) is 5.82 Å². The van der Waals surface area contributed by atoms with Gasteiger partial charge in [0.05, 0.1) is 11.9 Å². The van der Waals surface area contributed by atoms with Crippen LogP contribution < -0.4 is 5.14 Å². The third kappa shape index (κ3) is 2.93. The molecule has 0 aliphatic carbocycles. The highest BCUT2D eigenvalue weighted by atomic mass is 32.2. The molecule has 2 N–H and O–H groups in total. The second-order valence-corrected chi connectivity index (χ2v) is 3.93. The Morgan fingerprint density at radius 3 is 2.67 bits per heavy atom. The van der Waals surface area contributed by atoms with Crippen LogP contribution in [0.15, 0.2) is 18.5 Å². The predicted molar refractivity (Wildman–Crippen MR) is 41.0 cm³/mol. The summed E-state index contributed by atoms with van der Waals surface area (Å²) in [6.45, 7) is 0. The van der Waals surface area contributed by atoms with Crippen LogP contribution in [-0.2, 0) is 15.8 Å². The Hall–Kier alpha value is -1.01. The van der Waals surface area contributed by atoms with Crippen molar-refractivity contribution in [2.45, 2.75) is 5.75 Å². The number of hydrogen-bond donors (Lipinski definition) is 1. The lowest BCUT2D eigenvalue weighted by Gasteiger charge is -1.97. The van der Waals surface area contributed by atoms with Crippen molar-refractivity contribution in [2.24, 2.45) is 5.14 Å². The Morgan fingerprint density at radius 2 is 2.17 bits per heavy atom. The summed E-state index contributed by atoms with van der Waals surface area (Å²) >= 11 is 0. The van der Waals surface area contributed by atoms with Gasteiger partial charge in [-0.1, -0.05) is 0 Å². The number of nitrogens with two attached hydrogens (primary N) is 1. The molecule has 66 valence electrons. The molecule has 1 aromatic rings. The maximum absolute atomic E-state index is 12.4. The first-order valence-electron chi connectivity index (χ1n) is 3.07. The van der Waals surface area contributed by atoms with Crippen LogP contribution in [0.1, 0.15) is 5.56 Å². The SMILES string of the molecule is NS(=O)(=O)Cc1cncc(F)c1. The minimum Gasteiger partial charge on any atom is -0.261 e. The van der Waals surface area contributed by atoms with Crippen LogP contribution in [0.5, 0.6) is 0 Å². The van der Waals surface area contributed by atoms with E-state index in [0.29, 0.717) is 0 Å². The zero-order valence-electron chi connectivity index (χ0n) is 6.07. The lowest BCUT2D eigenvalue weighted by Crippen LogP contribution is -2.14. The number of hydrogen-bond acceptors (Lipinski definition) is 3. The van der Waals surface area contributed by atoms with Crippen molar-refractivity contribution in [3.63, 3.8) is 0 Å². The van der Waals surface area contributed by atoms with Gasteiger partial charge in [0.25, 0.3) is 0 Å². The third-order valence-corrected chi connectivity index (χ3v) is 1.87. The number of sulfonamides is 1. The fraction of sp³-hybridized carbons (Fsp3) is 0.167. The molecule has 12 heavy (non-hydrogen) atoms. The van der Waals surface area contributed by atoms with Gasteiger partial charge in [0.15, 0.2) is 0 Å². The summed E-state index contributed by atoms with van der Waals surface area (Å²) in [4.78, 5) is 3.47. The van der Waals surface area contributed by atoms with E-state index in [1.54, 1.807) is 0 Å². The highest BCUT2D eigenvalue weighted by Gasteiger charge is 2.05. The van der Waals surface area contributed by atoms with E-state index in [9.17, 15) is 12.8 Å². The van der Waals surface area contributed by atoms with Crippen LogP contribution in [0, 0.1) is 5.82 Å². The molecule has 6 heteroatoms. The number of pyridine rings is 1. The van der Waals surface area contributed by atoms with Crippen molar-refractivity contribution in [1.82, 2.24) is 4.98 Å². The number of halogens is 1. The number of primary sulfonamides is 1. The first-order valence-corrected chi connectivity index (χ1v) is 4.79. The fourth-order valence-corrected chi connectivity index (χ4v) is 1.39. The van der Waals surface area contributed by atoms with Crippen LogP contribution >= 0.6 is 0 Å². The van der Waals surface area contributed by atoms with Gasteiger partial charge in [-0.3, -0.25) is 4.98 Å². The molecule has 0 unspecified atom stereocenters. The van der Waals surface area contributed by atoms with Crippen molar-refractivity contribution in [1.29, 1.82) is 0 Å². The second-order valence-electron chi connectivity index (χ2n) is 2.32. The van der Waals surface area contributed by atoms with Crippen molar-refractivity contribution < 1.29 is 12.8 Å². The van der Waals surface area contributed by atoms with Gasteiger partial charge in [-0.05, 0) is 11.6 Å². The Morgan fingerprint density at radius 1 is 1.50 bits per heavy atom. The molecule has 4 nitrogen and oxygen atoms in total. The van der Waals surface area contributed by atoms with Crippen molar-refractivity contribution in [3.05, 3.63) is 29.8 Å². The first kappa shape index (κ1) is 9.08. The molecule has 0 aliphatic rings. The lowest BCUT2D eigenvalue weighted by atomic mass is 10.3. The molecule has 0 bridgehead atoms. The van der Waals surface area contributed by atoms with Gasteiger partial charge in [-0.25, -0.2) is 17.9 Å². The summed E-state index contributed by atoms with van der Waals surface area (Å²) in [6.07, 6.45) is 2.25. The van der Waals surface area contributed by atoms with E-state index in [4.69, 9.17) is 5.14 Å². The molecule has 0 fully saturated rings. The lowest BCUT2D eigenvalue weighted by molar-refractivity contribution is 0.596. The van der Waals surface area contributed by atoms with E-state index in [1.807, 2.05) is 0 Å². The van der Waals surface area contributed by atoms with Crippen LogP contribution in [0.4, 0.5) is 4.39 Å². The molecular weight excluding hydrogens is 183 g/mol. The smallest absolute Gasteiger partial charge is 0.213 e. The summed E-state index contributed by atoms with van der Waals surface area (Å²) in [5.74, 6) is -0.964. The summed E-state index contributed by atoms with van der Waals surface area (Å²) < 4.78 is 33.5. The van der Waals surface area contributed by atoms with E-state index in [-0.39, 0.29) is 5.56 Å². The minimum absolute atomic E-state index is 0.248. The van der Waals surface area contributed by atoms with Crippen LogP contribution in [0.3, 0.4) is 0 Å². The zero-order chi connectivity index (χ0) is 9.19. The first-order chi connectivity index (χ1) is 5.47. The maximum atomic E-state index is 12.4. The van der Waals surface area contributed by atoms with Crippen LogP contribution in [0.25, 0.3) is 0 Å². The molecule has 0 spiro atoms. The summed E-state index contributed by atoms with van der Waals surface area (Å²) in [6, 6.07) is 1.08. The number of rotatable bonds is 2. The summed E-state index contributed by atoms with van der Waals surface area (Å²) in [5.41, 5.74) is 0.248. The Labute approximate surface area is 69.3 Å². The van der Waals surface area contributed by atoms with Gasteiger partial charge in [0, 0.05) is 6.20 Å². The molecule has 0 saturated carbocycles. The molecule has 0 aliphatic heterocycles. The van der Waals surface area contributed by atoms with Gasteiger partial charge < -0.3 is 0 Å². The molecule has 0 saturated heterocycles. The molecule has 0 amide bonds. The largest absolute Gasteiger partial charge is 0.261 e. The summed E-state index contributed by atoms with van der Waals surface area (Å²) in [5, 5.41) is 4.74. The van der Waals surface area contributed by atoms with Gasteiger partial charge in [0.2, 0.25) is 10.0 Å². The Kier molecular flexibility index (Phi) is 2.39. The van der Waals surface area contributed by atoms with Gasteiger partial charge >= 0.3 is 0 Å². The van der Waals surface area contributed by atoms with Gasteiger partial charge in [-0.15, -0.1) is 0 Å². The average Bonchev–Trinajstić information content (AvgIpc) is 1.82. The highest BCUT2D eigenvalue weighted by molar-refractivity contribution is 7.88. The standard InChI is InChI=1S/C6H7FN2O2S/c7-6-1-5(2-9-3-6)4-12(8,10)11/h1-3H,4H2,(H2,8,10,11). The van der Waals surface area contributed by atoms with Crippen molar-refractivity contribution >= 4 is 10.0 Å². The molecule has 1 aromatic heterocycles. The van der Waals surface area contributed by atoms with E-state index < -0.39 is 21.6 Å². The maximum Gasteiger partial charge on any atom is 0.213 e. The second kappa shape index (κ2) is 3.16. The zero-order valence-corrected chi connectivity index (χ0v) is 6.88. The summed E-state index contributed by atoms with van der Waals surface area (Å²) in [7, 11) is -3.60. The topological polar surface area (TPSA) is 73.1 Å². The number of aromatic nitrogens is 1. The molecule has 0 radical (unpaired) electrons. The van der Waals surface area contributed by atoms with E-state index in [2.05, 4.69) is 4.98 Å². The normalized spacial score (nSPS) is 11.5. The third-order valence-electron chi connectivity index (χ3n) is 1.13. The van der Waals surface area contributed by atoms with Crippen LogP contribution in [-0.4, -0.2) is 13.4 Å². The van der Waals surface area contributed by atoms with E-state index >= 15 is 0 Å². The van der Waals surface area contributed by atoms with Crippen molar-refractivity contribution in [2.75, 3.05) is 0 Å². The molecule has 1 heterocycles. The quantitative estimate of drug-likeness (QED) is 0.713. The molecule has 0 atom stereocenters. The molecule has 1 rings (SSSR count). The van der Waals surface area contributed by atoms with E-state index in [1.165, 1.54) is 6.20 Å². The predicted octanol–water partition coefficient (Wildman–Crippen LogP) is 0.00920. The number of nitrogens with zero attached hydrogens (tertiary/aromatic N) is 1. The van der Waals surface area contributed by atoms with Crippen LogP contribution in [0.2, 0.25) is 0 Å². The highest BCUT2D eigenvalue weighted by Crippen LogP contribution is 2.03. The molecule has 0 aromatic carbocycles.